The van der Waals surface area contributed by atoms with Crippen molar-refractivity contribution in [1.29, 1.82) is 0 Å². The normalized spacial score (nSPS) is 9.71. The summed E-state index contributed by atoms with van der Waals surface area (Å²) in [6.45, 7) is 3.79. The topological polar surface area (TPSA) is 75.6 Å². The lowest BCUT2D eigenvalue weighted by molar-refractivity contribution is 0.0593. The zero-order chi connectivity index (χ0) is 12.8. The van der Waals surface area contributed by atoms with Gasteiger partial charge >= 0.3 is 5.97 Å². The van der Waals surface area contributed by atoms with Crippen molar-refractivity contribution in [2.45, 2.75) is 0 Å². The van der Waals surface area contributed by atoms with Crippen LogP contribution in [0, 0.1) is 0 Å². The molecule has 0 aliphatic carbocycles. The van der Waals surface area contributed by atoms with Gasteiger partial charge < -0.3 is 15.2 Å². The lowest BCUT2D eigenvalue weighted by atomic mass is 10.3. The first kappa shape index (κ1) is 14.0. The van der Waals surface area contributed by atoms with Gasteiger partial charge in [-0.05, 0) is 22.6 Å². The standard InChI is InChI=1S/C10H10INO4S/c1-2-3-12-9(14)7-4-6(13)8(17-7)10(15)16-5-11/h2,4,13H,1,3,5H2,(H,12,14). The maximum Gasteiger partial charge on any atom is 0.352 e. The average molecular weight is 367 g/mol. The Labute approximate surface area is 116 Å². The predicted octanol–water partition coefficient (Wildman–Crippen LogP) is 1.92. The van der Waals surface area contributed by atoms with Crippen LogP contribution >= 0.6 is 33.9 Å². The number of amides is 1. The molecule has 1 heterocycles. The van der Waals surface area contributed by atoms with Gasteiger partial charge in [-0.25, -0.2) is 4.79 Å². The van der Waals surface area contributed by atoms with Crippen LogP contribution in [-0.4, -0.2) is 28.1 Å². The number of aromatic hydroxyl groups is 1. The molecule has 1 amide bonds. The fourth-order valence-corrected chi connectivity index (χ4v) is 2.15. The number of hydrogen-bond acceptors (Lipinski definition) is 5. The van der Waals surface area contributed by atoms with E-state index < -0.39 is 5.97 Å². The van der Waals surface area contributed by atoms with Crippen molar-refractivity contribution in [2.75, 3.05) is 11.2 Å². The first-order chi connectivity index (χ1) is 8.10. The van der Waals surface area contributed by atoms with E-state index in [0.717, 1.165) is 11.3 Å². The molecule has 2 N–H and O–H groups in total. The van der Waals surface area contributed by atoms with E-state index in [4.69, 9.17) is 4.74 Å². The summed E-state index contributed by atoms with van der Waals surface area (Å²) in [6.07, 6.45) is 1.54. The van der Waals surface area contributed by atoms with E-state index in [0.29, 0.717) is 6.54 Å². The summed E-state index contributed by atoms with van der Waals surface area (Å²) >= 11 is 2.76. The average Bonchev–Trinajstić information content (AvgIpc) is 2.68. The third-order valence-corrected chi connectivity index (χ3v) is 3.13. The van der Waals surface area contributed by atoms with Gasteiger partial charge in [0.05, 0.1) is 4.88 Å². The van der Waals surface area contributed by atoms with Crippen molar-refractivity contribution in [3.05, 3.63) is 28.5 Å². The third kappa shape index (κ3) is 3.70. The van der Waals surface area contributed by atoms with E-state index in [9.17, 15) is 14.7 Å². The van der Waals surface area contributed by atoms with Gasteiger partial charge in [-0.1, -0.05) is 6.08 Å². The zero-order valence-corrected chi connectivity index (χ0v) is 11.7. The van der Waals surface area contributed by atoms with Crippen LogP contribution in [0.4, 0.5) is 0 Å². The molecule has 0 saturated carbocycles. The quantitative estimate of drug-likeness (QED) is 0.361. The van der Waals surface area contributed by atoms with Crippen LogP contribution in [-0.2, 0) is 4.74 Å². The molecule has 17 heavy (non-hydrogen) atoms. The highest BCUT2D eigenvalue weighted by molar-refractivity contribution is 14.1. The second-order valence-electron chi connectivity index (χ2n) is 2.86. The number of carbonyl (C=O) groups is 2. The van der Waals surface area contributed by atoms with E-state index in [2.05, 4.69) is 11.9 Å². The van der Waals surface area contributed by atoms with Crippen molar-refractivity contribution in [3.63, 3.8) is 0 Å². The van der Waals surface area contributed by atoms with Crippen molar-refractivity contribution in [2.24, 2.45) is 0 Å². The predicted molar refractivity (Wildman–Crippen MR) is 72.8 cm³/mol. The Balaban J connectivity index is 2.84. The van der Waals surface area contributed by atoms with E-state index in [1.54, 1.807) is 0 Å². The number of alkyl halides is 1. The minimum Gasteiger partial charge on any atom is -0.506 e. The van der Waals surface area contributed by atoms with Gasteiger partial charge in [0.1, 0.15) is 10.4 Å². The number of nitrogens with one attached hydrogen (secondary N) is 1. The van der Waals surface area contributed by atoms with Crippen molar-refractivity contribution in [1.82, 2.24) is 5.32 Å². The van der Waals surface area contributed by atoms with Gasteiger partial charge in [0.15, 0.2) is 4.88 Å². The molecule has 0 saturated heterocycles. The fraction of sp³-hybridized carbons (Fsp3) is 0.200. The number of halogens is 1. The number of thiophene rings is 1. The molecule has 0 radical (unpaired) electrons. The Morgan fingerprint density at radius 3 is 2.94 bits per heavy atom. The molecule has 0 aromatic carbocycles. The summed E-state index contributed by atoms with van der Waals surface area (Å²) < 4.78 is 4.92. The Hall–Kier alpha value is -1.09. The Kier molecular flexibility index (Phi) is 5.42. The summed E-state index contributed by atoms with van der Waals surface area (Å²) in [5, 5.41) is 12.1. The maximum absolute atomic E-state index is 11.5. The third-order valence-electron chi connectivity index (χ3n) is 1.71. The second-order valence-corrected chi connectivity index (χ2v) is 4.54. The molecule has 1 aromatic rings. The monoisotopic (exact) mass is 367 g/mol. The van der Waals surface area contributed by atoms with Gasteiger partial charge in [0, 0.05) is 12.6 Å². The molecule has 1 rings (SSSR count). The largest absolute Gasteiger partial charge is 0.506 e. The van der Waals surface area contributed by atoms with Gasteiger partial charge in [-0.2, -0.15) is 0 Å². The van der Waals surface area contributed by atoms with E-state index in [1.165, 1.54) is 12.1 Å². The summed E-state index contributed by atoms with van der Waals surface area (Å²) in [5.74, 6) is -1.24. The van der Waals surface area contributed by atoms with Crippen LogP contribution in [0.15, 0.2) is 18.7 Å². The van der Waals surface area contributed by atoms with Crippen molar-refractivity contribution < 1.29 is 19.4 Å². The van der Waals surface area contributed by atoms with Gasteiger partial charge in [0.25, 0.3) is 5.91 Å². The zero-order valence-electron chi connectivity index (χ0n) is 8.73. The lowest BCUT2D eigenvalue weighted by Gasteiger charge is -1.98. The molecule has 1 aromatic heterocycles. The molecule has 0 bridgehead atoms. The molecule has 0 spiro atoms. The first-order valence-corrected chi connectivity index (χ1v) is 6.89. The minimum atomic E-state index is -0.635. The lowest BCUT2D eigenvalue weighted by Crippen LogP contribution is -2.22. The first-order valence-electron chi connectivity index (χ1n) is 4.55. The van der Waals surface area contributed by atoms with Crippen LogP contribution in [0.2, 0.25) is 0 Å². The number of rotatable bonds is 5. The Morgan fingerprint density at radius 1 is 1.65 bits per heavy atom. The molecule has 5 nitrogen and oxygen atoms in total. The van der Waals surface area contributed by atoms with E-state index in [1.807, 2.05) is 22.6 Å². The number of carbonyl (C=O) groups excluding carboxylic acids is 2. The highest BCUT2D eigenvalue weighted by atomic mass is 127. The summed E-state index contributed by atoms with van der Waals surface area (Å²) in [5.41, 5.74) is 0. The van der Waals surface area contributed by atoms with E-state index in [-0.39, 0.29) is 26.0 Å². The van der Waals surface area contributed by atoms with Gasteiger partial charge in [-0.15, -0.1) is 17.9 Å². The Bertz CT molecular complexity index is 444. The van der Waals surface area contributed by atoms with Gasteiger partial charge in [-0.3, -0.25) is 4.79 Å². The van der Waals surface area contributed by atoms with Crippen LogP contribution < -0.4 is 5.32 Å². The maximum atomic E-state index is 11.5. The van der Waals surface area contributed by atoms with E-state index >= 15 is 0 Å². The molecule has 7 heteroatoms. The molecule has 0 fully saturated rings. The Morgan fingerprint density at radius 2 is 2.35 bits per heavy atom. The van der Waals surface area contributed by atoms with Crippen molar-refractivity contribution in [3.8, 4) is 5.75 Å². The highest BCUT2D eigenvalue weighted by Crippen LogP contribution is 2.29. The highest BCUT2D eigenvalue weighted by Gasteiger charge is 2.20. The molecule has 92 valence electrons. The molecule has 0 unspecified atom stereocenters. The second kappa shape index (κ2) is 6.60. The summed E-state index contributed by atoms with van der Waals surface area (Å²) in [4.78, 5) is 23.2. The smallest absolute Gasteiger partial charge is 0.352 e. The van der Waals surface area contributed by atoms with Gasteiger partial charge in [0.2, 0.25) is 0 Å². The van der Waals surface area contributed by atoms with Crippen LogP contribution in [0.5, 0.6) is 5.75 Å². The number of esters is 1. The molecule has 0 aliphatic heterocycles. The molecule has 0 aliphatic rings. The molecule has 0 atom stereocenters. The summed E-state index contributed by atoms with van der Waals surface area (Å²) in [7, 11) is 0. The SMILES string of the molecule is C=CCNC(=O)c1cc(O)c(C(=O)OCI)s1. The molecular formula is C10H10INO4S. The van der Waals surface area contributed by atoms with Crippen molar-refractivity contribution >= 4 is 45.8 Å². The minimum absolute atomic E-state index is 0.0328. The number of hydrogen-bond donors (Lipinski definition) is 2. The number of ether oxygens (including phenoxy) is 1. The van der Waals surface area contributed by atoms with Crippen LogP contribution in [0.1, 0.15) is 19.3 Å². The fourth-order valence-electron chi connectivity index (χ4n) is 1.01. The van der Waals surface area contributed by atoms with Crippen LogP contribution in [0.25, 0.3) is 0 Å². The molecular weight excluding hydrogens is 357 g/mol. The van der Waals surface area contributed by atoms with Crippen LogP contribution in [0.3, 0.4) is 0 Å². The summed E-state index contributed by atoms with van der Waals surface area (Å²) in [6, 6.07) is 1.24.